The van der Waals surface area contributed by atoms with Crippen LogP contribution in [0.1, 0.15) is 34.8 Å². The van der Waals surface area contributed by atoms with E-state index >= 15 is 0 Å². The average Bonchev–Trinajstić information content (AvgIpc) is 3.46. The summed E-state index contributed by atoms with van der Waals surface area (Å²) in [5.74, 6) is 0.377. The molecule has 12 heteroatoms. The Kier molecular flexibility index (Phi) is 9.94. The number of rotatable bonds is 13. The molecule has 0 spiro atoms. The van der Waals surface area contributed by atoms with Gasteiger partial charge in [-0.15, -0.1) is 0 Å². The van der Waals surface area contributed by atoms with Gasteiger partial charge in [0.25, 0.3) is 5.91 Å². The summed E-state index contributed by atoms with van der Waals surface area (Å²) in [6, 6.07) is 30.4. The molecule has 1 amide bonds. The number of hydrogen-bond acceptors (Lipinski definition) is 7. The SMILES string of the molecule is [N-]=[N+]=Nc1ccccc1C[C@@]1(C(=O)NCc2ccccc2)N=C(c2ccc(OCCCO)cc2)O[C@@H]1c1ccccc1N=[N+]=[N-]. The molecule has 226 valence electrons. The van der Waals surface area contributed by atoms with Crippen LogP contribution in [0.4, 0.5) is 11.4 Å². The highest BCUT2D eigenvalue weighted by Crippen LogP contribution is 2.46. The van der Waals surface area contributed by atoms with Gasteiger partial charge in [0.1, 0.15) is 5.75 Å². The lowest BCUT2D eigenvalue weighted by Crippen LogP contribution is -2.49. The predicted molar refractivity (Wildman–Crippen MR) is 169 cm³/mol. The Labute approximate surface area is 259 Å². The van der Waals surface area contributed by atoms with Crippen LogP contribution in [-0.2, 0) is 22.5 Å². The lowest BCUT2D eigenvalue weighted by Gasteiger charge is -2.31. The number of aliphatic imine (C=N–C) groups is 1. The molecule has 1 aliphatic rings. The predicted octanol–water partition coefficient (Wildman–Crippen LogP) is 7.15. The molecular weight excluding hydrogens is 572 g/mol. The van der Waals surface area contributed by atoms with Crippen molar-refractivity contribution in [1.82, 2.24) is 5.32 Å². The van der Waals surface area contributed by atoms with Crippen LogP contribution >= 0.6 is 0 Å². The van der Waals surface area contributed by atoms with Gasteiger partial charge in [-0.1, -0.05) is 89.1 Å². The van der Waals surface area contributed by atoms with Crippen molar-refractivity contribution in [2.45, 2.75) is 31.0 Å². The largest absolute Gasteiger partial charge is 0.494 e. The molecule has 12 nitrogen and oxygen atoms in total. The van der Waals surface area contributed by atoms with Crippen molar-refractivity contribution in [3.05, 3.63) is 146 Å². The number of carbonyl (C=O) groups excluding carboxylic acids is 1. The van der Waals surface area contributed by atoms with Crippen molar-refractivity contribution in [3.8, 4) is 5.75 Å². The zero-order valence-corrected chi connectivity index (χ0v) is 24.2. The van der Waals surface area contributed by atoms with E-state index in [1.807, 2.05) is 30.3 Å². The van der Waals surface area contributed by atoms with Crippen LogP contribution in [0.25, 0.3) is 20.9 Å². The topological polar surface area (TPSA) is 178 Å². The molecule has 0 fully saturated rings. The van der Waals surface area contributed by atoms with Crippen LogP contribution in [0.2, 0.25) is 0 Å². The number of amides is 1. The molecule has 0 radical (unpaired) electrons. The first kappa shape index (κ1) is 30.7. The van der Waals surface area contributed by atoms with Crippen molar-refractivity contribution in [3.63, 3.8) is 0 Å². The fourth-order valence-electron chi connectivity index (χ4n) is 5.14. The Balaban J connectivity index is 1.64. The van der Waals surface area contributed by atoms with Gasteiger partial charge >= 0.3 is 0 Å². The van der Waals surface area contributed by atoms with Gasteiger partial charge in [0.2, 0.25) is 5.90 Å². The number of carbonyl (C=O) groups is 1. The standard InChI is InChI=1S/C33H30N8O4/c34-40-38-28-13-6-4-11-25(28)21-33(32(43)36-22-23-9-2-1-3-10-23)30(27-12-5-7-14-29(27)39-41-35)45-31(37-33)24-15-17-26(18-16-24)44-20-8-19-42/h1-7,9-18,30,42H,8,19-22H2,(H,36,43)/t30-,33-/m1/s1. The first-order valence-electron chi connectivity index (χ1n) is 14.3. The first-order chi connectivity index (χ1) is 22.1. The molecule has 4 aromatic rings. The molecular formula is C33H30N8O4. The minimum Gasteiger partial charge on any atom is -0.494 e. The maximum absolute atomic E-state index is 14.5. The van der Waals surface area contributed by atoms with Crippen LogP contribution in [0.15, 0.2) is 118 Å². The molecule has 2 N–H and O–H groups in total. The molecule has 0 unspecified atom stereocenters. The van der Waals surface area contributed by atoms with Crippen molar-refractivity contribution < 1.29 is 19.4 Å². The molecule has 1 aliphatic heterocycles. The maximum atomic E-state index is 14.5. The van der Waals surface area contributed by atoms with E-state index in [9.17, 15) is 15.9 Å². The summed E-state index contributed by atoms with van der Waals surface area (Å²) in [6.45, 7) is 0.619. The van der Waals surface area contributed by atoms with E-state index in [4.69, 9.17) is 19.6 Å². The second kappa shape index (κ2) is 14.6. The second-order valence-electron chi connectivity index (χ2n) is 10.2. The summed E-state index contributed by atoms with van der Waals surface area (Å²) in [4.78, 5) is 25.5. The van der Waals surface area contributed by atoms with E-state index in [0.29, 0.717) is 41.2 Å². The molecule has 5 rings (SSSR count). The third kappa shape index (κ3) is 7.06. The highest BCUT2D eigenvalue weighted by molar-refractivity contribution is 6.01. The van der Waals surface area contributed by atoms with Crippen LogP contribution in [-0.4, -0.2) is 35.7 Å². The maximum Gasteiger partial charge on any atom is 0.252 e. The Morgan fingerprint density at radius 3 is 2.31 bits per heavy atom. The van der Waals surface area contributed by atoms with Crippen LogP contribution in [0.5, 0.6) is 5.75 Å². The lowest BCUT2D eigenvalue weighted by atomic mass is 9.81. The third-order valence-electron chi connectivity index (χ3n) is 7.30. The van der Waals surface area contributed by atoms with Gasteiger partial charge in [0.05, 0.1) is 6.61 Å². The monoisotopic (exact) mass is 602 g/mol. The zero-order valence-electron chi connectivity index (χ0n) is 24.2. The van der Waals surface area contributed by atoms with Gasteiger partial charge in [0, 0.05) is 58.3 Å². The normalized spacial score (nSPS) is 16.8. The number of hydrogen-bond donors (Lipinski definition) is 2. The van der Waals surface area contributed by atoms with Crippen molar-refractivity contribution >= 4 is 23.2 Å². The Bertz CT molecular complexity index is 1770. The number of azide groups is 2. The number of aliphatic hydroxyl groups excluding tert-OH is 1. The highest BCUT2D eigenvalue weighted by Gasteiger charge is 2.54. The van der Waals surface area contributed by atoms with E-state index in [0.717, 1.165) is 5.56 Å². The molecule has 0 saturated heterocycles. The number of nitrogens with one attached hydrogen (secondary N) is 1. The molecule has 0 bridgehead atoms. The summed E-state index contributed by atoms with van der Waals surface area (Å²) in [5, 5.41) is 19.8. The summed E-state index contributed by atoms with van der Waals surface area (Å²) in [7, 11) is 0. The van der Waals surface area contributed by atoms with Gasteiger partial charge in [-0.3, -0.25) is 4.79 Å². The number of nitrogens with zero attached hydrogens (tertiary/aromatic N) is 7. The number of benzene rings is 4. The molecule has 4 aromatic carbocycles. The molecule has 0 saturated carbocycles. The Hall–Kier alpha value is -5.80. The average molecular weight is 603 g/mol. The van der Waals surface area contributed by atoms with E-state index < -0.39 is 17.6 Å². The van der Waals surface area contributed by atoms with Crippen LogP contribution in [0.3, 0.4) is 0 Å². The first-order valence-corrected chi connectivity index (χ1v) is 14.3. The van der Waals surface area contributed by atoms with Crippen molar-refractivity contribution in [2.75, 3.05) is 13.2 Å². The fourth-order valence-corrected chi connectivity index (χ4v) is 5.14. The summed E-state index contributed by atoms with van der Waals surface area (Å²) in [6.07, 6.45) is -0.518. The van der Waals surface area contributed by atoms with Gasteiger partial charge in [-0.25, -0.2) is 4.99 Å². The van der Waals surface area contributed by atoms with Gasteiger partial charge in [-0.05, 0) is 46.5 Å². The highest BCUT2D eigenvalue weighted by atomic mass is 16.5. The summed E-state index contributed by atoms with van der Waals surface area (Å²) in [5.41, 5.74) is 20.2. The van der Waals surface area contributed by atoms with Crippen LogP contribution < -0.4 is 10.1 Å². The van der Waals surface area contributed by atoms with E-state index in [1.165, 1.54) is 0 Å². The zero-order chi connectivity index (χ0) is 31.5. The van der Waals surface area contributed by atoms with E-state index in [2.05, 4.69) is 25.4 Å². The second-order valence-corrected chi connectivity index (χ2v) is 10.2. The van der Waals surface area contributed by atoms with E-state index in [-0.39, 0.29) is 31.2 Å². The van der Waals surface area contributed by atoms with Gasteiger partial charge < -0.3 is 19.9 Å². The quantitative estimate of drug-likeness (QED) is 0.0715. The number of ether oxygens (including phenoxy) is 2. The van der Waals surface area contributed by atoms with Crippen LogP contribution in [0, 0.1) is 0 Å². The smallest absolute Gasteiger partial charge is 0.252 e. The van der Waals surface area contributed by atoms with Gasteiger partial charge in [-0.2, -0.15) is 0 Å². The molecule has 0 aliphatic carbocycles. The summed E-state index contributed by atoms with van der Waals surface area (Å²) < 4.78 is 12.2. The molecule has 45 heavy (non-hydrogen) atoms. The number of aliphatic hydroxyl groups is 1. The minimum absolute atomic E-state index is 0.00391. The Morgan fingerprint density at radius 1 is 0.911 bits per heavy atom. The summed E-state index contributed by atoms with van der Waals surface area (Å²) >= 11 is 0. The van der Waals surface area contributed by atoms with Gasteiger partial charge in [0.15, 0.2) is 11.6 Å². The van der Waals surface area contributed by atoms with Crippen molar-refractivity contribution in [2.24, 2.45) is 15.2 Å². The third-order valence-corrected chi connectivity index (χ3v) is 7.30. The fraction of sp³-hybridized carbons (Fsp3) is 0.212. The molecule has 0 aromatic heterocycles. The Morgan fingerprint density at radius 2 is 1.58 bits per heavy atom. The lowest BCUT2D eigenvalue weighted by molar-refractivity contribution is -0.129. The molecule has 2 atom stereocenters. The molecule has 1 heterocycles. The van der Waals surface area contributed by atoms with E-state index in [1.54, 1.807) is 72.8 Å². The minimum atomic E-state index is -1.61. The van der Waals surface area contributed by atoms with Crippen molar-refractivity contribution in [1.29, 1.82) is 0 Å².